The molecule has 8 nitrogen and oxygen atoms in total. The lowest BCUT2D eigenvalue weighted by atomic mass is 10.0. The van der Waals surface area contributed by atoms with E-state index in [9.17, 15) is 18.0 Å². The van der Waals surface area contributed by atoms with Gasteiger partial charge in [-0.25, -0.2) is 13.1 Å². The molecule has 5 rings (SSSR count). The normalized spacial score (nSPS) is 15.1. The maximum absolute atomic E-state index is 12.4. The number of rotatable bonds is 7. The van der Waals surface area contributed by atoms with E-state index in [0.29, 0.717) is 11.3 Å². The zero-order valence-electron chi connectivity index (χ0n) is 21.5. The molecule has 40 heavy (non-hydrogen) atoms. The molecule has 0 radical (unpaired) electrons. The lowest BCUT2D eigenvalue weighted by Gasteiger charge is -2.07. The number of amidine groups is 1. The summed E-state index contributed by atoms with van der Waals surface area (Å²) in [5.74, 6) is -0.944. The molecule has 0 bridgehead atoms. The number of sulfonamides is 1. The van der Waals surface area contributed by atoms with Gasteiger partial charge in [-0.1, -0.05) is 84.4 Å². The zero-order chi connectivity index (χ0) is 28.1. The Bertz CT molecular complexity index is 1710. The van der Waals surface area contributed by atoms with Crippen LogP contribution in [0.15, 0.2) is 119 Å². The van der Waals surface area contributed by atoms with Gasteiger partial charge in [-0.15, -0.1) is 0 Å². The van der Waals surface area contributed by atoms with Crippen LogP contribution >= 0.6 is 0 Å². The van der Waals surface area contributed by atoms with Crippen LogP contribution in [0.2, 0.25) is 0 Å². The third kappa shape index (κ3) is 6.51. The quantitative estimate of drug-likeness (QED) is 0.318. The highest BCUT2D eigenvalue weighted by Crippen LogP contribution is 2.22. The summed E-state index contributed by atoms with van der Waals surface area (Å²) in [4.78, 5) is 29.1. The molecule has 1 heterocycles. The van der Waals surface area contributed by atoms with Crippen molar-refractivity contribution in [3.05, 3.63) is 126 Å². The van der Waals surface area contributed by atoms with Crippen molar-refractivity contribution in [3.63, 3.8) is 0 Å². The molecular weight excluding hydrogens is 526 g/mol. The van der Waals surface area contributed by atoms with Crippen LogP contribution in [0.1, 0.15) is 16.7 Å². The van der Waals surface area contributed by atoms with Gasteiger partial charge in [-0.05, 0) is 59.5 Å². The number of carbonyl (C=O) groups is 2. The standard InChI is InChI=1S/C31H25N3O5S/c1-21-7-17-27(18-8-21)40(37,38)34-29(35)20-23-11-15-26(16-12-23)32-31-33-30(36)28(39-31)19-22-9-13-25(14-10-22)24-5-3-2-4-6-24/h2-19H,20H2,1H3,(H,34,35)(H,32,33,36). The monoisotopic (exact) mass is 551 g/mol. The molecule has 0 atom stereocenters. The fraction of sp³-hybridized carbons (Fsp3) is 0.0645. The first kappa shape index (κ1) is 26.6. The average molecular weight is 552 g/mol. The van der Waals surface area contributed by atoms with E-state index in [1.807, 2.05) is 61.5 Å². The van der Waals surface area contributed by atoms with E-state index >= 15 is 0 Å². The molecule has 9 heteroatoms. The first-order valence-corrected chi connectivity index (χ1v) is 13.9. The van der Waals surface area contributed by atoms with E-state index in [0.717, 1.165) is 22.3 Å². The Morgan fingerprint density at radius 3 is 2.20 bits per heavy atom. The van der Waals surface area contributed by atoms with Crippen molar-refractivity contribution < 1.29 is 22.7 Å². The molecule has 1 saturated heterocycles. The molecule has 0 spiro atoms. The highest BCUT2D eigenvalue weighted by Gasteiger charge is 2.25. The van der Waals surface area contributed by atoms with Crippen molar-refractivity contribution in [3.8, 4) is 11.1 Å². The molecule has 2 amide bonds. The summed E-state index contributed by atoms with van der Waals surface area (Å²) in [6, 6.07) is 30.6. The molecule has 0 saturated carbocycles. The summed E-state index contributed by atoms with van der Waals surface area (Å²) in [6.45, 7) is 1.85. The molecule has 1 aliphatic rings. The number of carbonyl (C=O) groups excluding carboxylic acids is 2. The lowest BCUT2D eigenvalue weighted by molar-refractivity contribution is -0.119. The highest BCUT2D eigenvalue weighted by molar-refractivity contribution is 7.90. The van der Waals surface area contributed by atoms with Crippen LogP contribution in [0.25, 0.3) is 17.2 Å². The van der Waals surface area contributed by atoms with Crippen molar-refractivity contribution in [2.45, 2.75) is 18.2 Å². The van der Waals surface area contributed by atoms with Crippen LogP contribution in [0, 0.1) is 6.92 Å². The number of aliphatic imine (C=N–C) groups is 1. The van der Waals surface area contributed by atoms with Gasteiger partial charge < -0.3 is 4.74 Å². The van der Waals surface area contributed by atoms with Gasteiger partial charge in [-0.2, -0.15) is 4.99 Å². The van der Waals surface area contributed by atoms with Gasteiger partial charge in [0.1, 0.15) is 0 Å². The second-order valence-corrected chi connectivity index (χ2v) is 10.8. The first-order chi connectivity index (χ1) is 19.2. The van der Waals surface area contributed by atoms with Gasteiger partial charge >= 0.3 is 6.02 Å². The predicted octanol–water partition coefficient (Wildman–Crippen LogP) is 4.88. The average Bonchev–Trinajstić information content (AvgIpc) is 3.28. The van der Waals surface area contributed by atoms with Crippen LogP contribution in [0.5, 0.6) is 0 Å². The summed E-state index contributed by atoms with van der Waals surface area (Å²) in [6.07, 6.45) is 1.50. The Balaban J connectivity index is 1.20. The fourth-order valence-corrected chi connectivity index (χ4v) is 4.97. The summed E-state index contributed by atoms with van der Waals surface area (Å²) in [5.41, 5.74) is 4.97. The van der Waals surface area contributed by atoms with E-state index in [1.54, 1.807) is 42.5 Å². The Morgan fingerprint density at radius 2 is 1.52 bits per heavy atom. The largest absolute Gasteiger partial charge is 0.420 e. The Hall–Kier alpha value is -5.02. The number of hydrogen-bond donors (Lipinski definition) is 2. The molecule has 0 aliphatic carbocycles. The van der Waals surface area contributed by atoms with E-state index < -0.39 is 21.8 Å². The van der Waals surface area contributed by atoms with Crippen LogP contribution in [0.3, 0.4) is 0 Å². The minimum absolute atomic E-state index is 0.0221. The number of hydrogen-bond acceptors (Lipinski definition) is 6. The van der Waals surface area contributed by atoms with E-state index in [-0.39, 0.29) is 23.1 Å². The second-order valence-electron chi connectivity index (χ2n) is 9.15. The minimum Gasteiger partial charge on any atom is -0.420 e. The molecule has 1 aliphatic heterocycles. The van der Waals surface area contributed by atoms with Gasteiger partial charge in [0.25, 0.3) is 15.9 Å². The molecule has 4 aromatic carbocycles. The second kappa shape index (κ2) is 11.4. The Labute approximate surface area is 232 Å². The van der Waals surface area contributed by atoms with E-state index in [4.69, 9.17) is 4.74 Å². The molecule has 2 N–H and O–H groups in total. The SMILES string of the molecule is Cc1ccc(S(=O)(=O)NC(=O)Cc2ccc(N=C3NC(=O)C(=Cc4ccc(-c5ccccc5)cc4)O3)cc2)cc1. The maximum Gasteiger partial charge on any atom is 0.302 e. The number of nitrogens with one attached hydrogen (secondary N) is 2. The maximum atomic E-state index is 12.4. The molecular formula is C31H25N3O5S. The van der Waals surface area contributed by atoms with E-state index in [1.165, 1.54) is 12.1 Å². The smallest absolute Gasteiger partial charge is 0.302 e. The van der Waals surface area contributed by atoms with Crippen molar-refractivity contribution >= 4 is 39.6 Å². The van der Waals surface area contributed by atoms with Crippen molar-refractivity contribution in [1.29, 1.82) is 0 Å². The van der Waals surface area contributed by atoms with Crippen LogP contribution in [-0.4, -0.2) is 26.3 Å². The van der Waals surface area contributed by atoms with Gasteiger partial charge in [0, 0.05) is 0 Å². The molecule has 1 fully saturated rings. The summed E-state index contributed by atoms with van der Waals surface area (Å²) < 4.78 is 32.6. The van der Waals surface area contributed by atoms with Crippen molar-refractivity contribution in [2.75, 3.05) is 0 Å². The highest BCUT2D eigenvalue weighted by atomic mass is 32.2. The fourth-order valence-electron chi connectivity index (χ4n) is 3.99. The molecule has 0 unspecified atom stereocenters. The minimum atomic E-state index is -3.95. The zero-order valence-corrected chi connectivity index (χ0v) is 22.3. The number of nitrogens with zero attached hydrogens (tertiary/aromatic N) is 1. The van der Waals surface area contributed by atoms with E-state index in [2.05, 4.69) is 15.0 Å². The molecule has 4 aromatic rings. The first-order valence-electron chi connectivity index (χ1n) is 12.4. The number of amides is 2. The summed E-state index contributed by atoms with van der Waals surface area (Å²) >= 11 is 0. The third-order valence-electron chi connectivity index (χ3n) is 6.08. The topological polar surface area (TPSA) is 114 Å². The summed E-state index contributed by atoms with van der Waals surface area (Å²) in [7, 11) is -3.95. The number of benzene rings is 4. The van der Waals surface area contributed by atoms with Gasteiger partial charge in [-0.3, -0.25) is 14.9 Å². The third-order valence-corrected chi connectivity index (χ3v) is 7.47. The number of aryl methyl sites for hydroxylation is 1. The number of ether oxygens (including phenoxy) is 1. The molecule has 200 valence electrons. The Morgan fingerprint density at radius 1 is 0.875 bits per heavy atom. The predicted molar refractivity (Wildman–Crippen MR) is 153 cm³/mol. The lowest BCUT2D eigenvalue weighted by Crippen LogP contribution is -2.31. The van der Waals surface area contributed by atoms with Crippen LogP contribution in [-0.2, 0) is 30.8 Å². The van der Waals surface area contributed by atoms with Crippen LogP contribution < -0.4 is 10.0 Å². The van der Waals surface area contributed by atoms with Gasteiger partial charge in [0.05, 0.1) is 17.0 Å². The Kier molecular flexibility index (Phi) is 7.56. The van der Waals surface area contributed by atoms with Crippen molar-refractivity contribution in [1.82, 2.24) is 10.0 Å². The van der Waals surface area contributed by atoms with Gasteiger partial charge in [0.2, 0.25) is 5.91 Å². The van der Waals surface area contributed by atoms with Crippen molar-refractivity contribution in [2.24, 2.45) is 4.99 Å². The molecule has 0 aromatic heterocycles. The van der Waals surface area contributed by atoms with Gasteiger partial charge in [0.15, 0.2) is 5.76 Å². The summed E-state index contributed by atoms with van der Waals surface area (Å²) in [5, 5.41) is 2.59. The van der Waals surface area contributed by atoms with Crippen LogP contribution in [0.4, 0.5) is 5.69 Å².